The number of benzene rings is 1. The standard InChI is InChI=1S/C16H20N4O/c21-16(19-14-11-17-18-12-14)20-9-5-4-8-15(20)10-13-6-2-1-3-7-13/h1-3,6-7,11-12,15H,4-5,8-10H2,(H,17,18)(H,19,21)/t15-/m0/s1. The number of hydrogen-bond acceptors (Lipinski definition) is 2. The maximum atomic E-state index is 12.4. The van der Waals surface area contributed by atoms with Gasteiger partial charge in [0.2, 0.25) is 0 Å². The van der Waals surface area contributed by atoms with Crippen LogP contribution in [0.2, 0.25) is 0 Å². The second-order valence-corrected chi connectivity index (χ2v) is 5.45. The topological polar surface area (TPSA) is 61.0 Å². The van der Waals surface area contributed by atoms with Crippen LogP contribution in [0, 0.1) is 0 Å². The van der Waals surface area contributed by atoms with Crippen LogP contribution in [0.1, 0.15) is 24.8 Å². The fourth-order valence-electron chi connectivity index (χ4n) is 2.88. The molecule has 0 bridgehead atoms. The molecular weight excluding hydrogens is 264 g/mol. The van der Waals surface area contributed by atoms with Gasteiger partial charge in [-0.05, 0) is 31.2 Å². The molecule has 5 nitrogen and oxygen atoms in total. The number of rotatable bonds is 3. The second kappa shape index (κ2) is 6.43. The van der Waals surface area contributed by atoms with Crippen molar-refractivity contribution < 1.29 is 4.79 Å². The fourth-order valence-corrected chi connectivity index (χ4v) is 2.88. The highest BCUT2D eigenvalue weighted by Gasteiger charge is 2.26. The molecule has 1 saturated heterocycles. The van der Waals surface area contributed by atoms with Crippen LogP contribution >= 0.6 is 0 Å². The predicted molar refractivity (Wildman–Crippen MR) is 82.1 cm³/mol. The second-order valence-electron chi connectivity index (χ2n) is 5.45. The number of piperidine rings is 1. The molecule has 1 aromatic carbocycles. The molecular formula is C16H20N4O. The quantitative estimate of drug-likeness (QED) is 0.910. The van der Waals surface area contributed by atoms with Crippen molar-refractivity contribution in [1.29, 1.82) is 0 Å². The summed E-state index contributed by atoms with van der Waals surface area (Å²) in [5.74, 6) is 0. The van der Waals surface area contributed by atoms with Gasteiger partial charge in [0.15, 0.2) is 0 Å². The molecule has 0 saturated carbocycles. The van der Waals surface area contributed by atoms with E-state index in [4.69, 9.17) is 0 Å². The molecule has 1 aliphatic rings. The lowest BCUT2D eigenvalue weighted by molar-refractivity contribution is 0.162. The third kappa shape index (κ3) is 3.42. The van der Waals surface area contributed by atoms with Gasteiger partial charge >= 0.3 is 6.03 Å². The molecule has 1 aliphatic heterocycles. The normalized spacial score (nSPS) is 18.5. The fraction of sp³-hybridized carbons (Fsp3) is 0.375. The Balaban J connectivity index is 1.67. The zero-order valence-corrected chi connectivity index (χ0v) is 12.0. The van der Waals surface area contributed by atoms with E-state index in [1.54, 1.807) is 12.4 Å². The Morgan fingerprint density at radius 3 is 2.95 bits per heavy atom. The molecule has 2 N–H and O–H groups in total. The molecule has 2 heterocycles. The molecule has 0 spiro atoms. The van der Waals surface area contributed by atoms with Gasteiger partial charge in [0, 0.05) is 18.8 Å². The zero-order chi connectivity index (χ0) is 14.5. The number of likely N-dealkylation sites (tertiary alicyclic amines) is 1. The number of carbonyl (C=O) groups is 1. The predicted octanol–water partition coefficient (Wildman–Crippen LogP) is 3.04. The summed E-state index contributed by atoms with van der Waals surface area (Å²) in [4.78, 5) is 14.4. The van der Waals surface area contributed by atoms with E-state index in [9.17, 15) is 4.79 Å². The summed E-state index contributed by atoms with van der Waals surface area (Å²) in [6.45, 7) is 0.821. The van der Waals surface area contributed by atoms with Gasteiger partial charge in [-0.25, -0.2) is 4.79 Å². The van der Waals surface area contributed by atoms with Crippen molar-refractivity contribution in [3.63, 3.8) is 0 Å². The van der Waals surface area contributed by atoms with Gasteiger partial charge in [0.05, 0.1) is 11.9 Å². The number of H-pyrrole nitrogens is 1. The average Bonchev–Trinajstić information content (AvgIpc) is 3.02. The molecule has 110 valence electrons. The molecule has 2 amide bonds. The van der Waals surface area contributed by atoms with Crippen LogP contribution in [0.3, 0.4) is 0 Å². The van der Waals surface area contributed by atoms with E-state index in [1.807, 2.05) is 23.1 Å². The van der Waals surface area contributed by atoms with E-state index >= 15 is 0 Å². The molecule has 1 fully saturated rings. The minimum atomic E-state index is -0.0305. The Bertz CT molecular complexity index is 567. The Hall–Kier alpha value is -2.30. The minimum absolute atomic E-state index is 0.0305. The van der Waals surface area contributed by atoms with Crippen molar-refractivity contribution in [2.24, 2.45) is 0 Å². The summed E-state index contributed by atoms with van der Waals surface area (Å²) >= 11 is 0. The van der Waals surface area contributed by atoms with E-state index in [1.165, 1.54) is 12.0 Å². The van der Waals surface area contributed by atoms with E-state index < -0.39 is 0 Å². The van der Waals surface area contributed by atoms with Crippen LogP contribution < -0.4 is 5.32 Å². The molecule has 2 aromatic rings. The lowest BCUT2D eigenvalue weighted by atomic mass is 9.96. The Morgan fingerprint density at radius 1 is 1.33 bits per heavy atom. The first kappa shape index (κ1) is 13.7. The Labute approximate surface area is 124 Å². The average molecular weight is 284 g/mol. The summed E-state index contributed by atoms with van der Waals surface area (Å²) in [7, 11) is 0. The third-order valence-electron chi connectivity index (χ3n) is 3.95. The van der Waals surface area contributed by atoms with Crippen molar-refractivity contribution in [3.8, 4) is 0 Å². The number of nitrogens with one attached hydrogen (secondary N) is 2. The number of aromatic amines is 1. The van der Waals surface area contributed by atoms with Crippen molar-refractivity contribution in [2.75, 3.05) is 11.9 Å². The van der Waals surface area contributed by atoms with Gasteiger partial charge in [0.25, 0.3) is 0 Å². The van der Waals surface area contributed by atoms with E-state index in [-0.39, 0.29) is 12.1 Å². The van der Waals surface area contributed by atoms with Crippen molar-refractivity contribution in [2.45, 2.75) is 31.7 Å². The van der Waals surface area contributed by atoms with Crippen molar-refractivity contribution >= 4 is 11.7 Å². The van der Waals surface area contributed by atoms with E-state index in [0.717, 1.165) is 25.8 Å². The van der Waals surface area contributed by atoms with Gasteiger partial charge in [-0.3, -0.25) is 5.10 Å². The number of hydrogen-bond donors (Lipinski definition) is 2. The number of urea groups is 1. The molecule has 21 heavy (non-hydrogen) atoms. The van der Waals surface area contributed by atoms with Gasteiger partial charge in [-0.15, -0.1) is 0 Å². The zero-order valence-electron chi connectivity index (χ0n) is 12.0. The number of anilines is 1. The van der Waals surface area contributed by atoms with Crippen LogP contribution in [-0.2, 0) is 6.42 Å². The monoisotopic (exact) mass is 284 g/mol. The summed E-state index contributed by atoms with van der Waals surface area (Å²) in [6.07, 6.45) is 7.55. The van der Waals surface area contributed by atoms with Gasteiger partial charge in [0.1, 0.15) is 0 Å². The van der Waals surface area contributed by atoms with Gasteiger partial charge in [-0.2, -0.15) is 5.10 Å². The molecule has 0 radical (unpaired) electrons. The highest BCUT2D eigenvalue weighted by molar-refractivity contribution is 5.89. The number of aromatic nitrogens is 2. The van der Waals surface area contributed by atoms with Crippen LogP contribution in [0.15, 0.2) is 42.7 Å². The molecule has 1 atom stereocenters. The minimum Gasteiger partial charge on any atom is -0.321 e. The first-order chi connectivity index (χ1) is 10.3. The highest BCUT2D eigenvalue weighted by Crippen LogP contribution is 2.21. The van der Waals surface area contributed by atoms with Crippen molar-refractivity contribution in [1.82, 2.24) is 15.1 Å². The summed E-state index contributed by atoms with van der Waals surface area (Å²) in [6, 6.07) is 10.6. The van der Waals surface area contributed by atoms with Crippen molar-refractivity contribution in [3.05, 3.63) is 48.3 Å². The van der Waals surface area contributed by atoms with Gasteiger partial charge < -0.3 is 10.2 Å². The molecule has 3 rings (SSSR count). The van der Waals surface area contributed by atoms with E-state index in [0.29, 0.717) is 5.69 Å². The molecule has 0 aliphatic carbocycles. The first-order valence-electron chi connectivity index (χ1n) is 7.43. The molecule has 0 unspecified atom stereocenters. The number of nitrogens with zero attached hydrogens (tertiary/aromatic N) is 2. The first-order valence-corrected chi connectivity index (χ1v) is 7.43. The molecule has 1 aromatic heterocycles. The van der Waals surface area contributed by atoms with E-state index in [2.05, 4.69) is 27.6 Å². The number of amides is 2. The number of carbonyl (C=O) groups excluding carboxylic acids is 1. The lowest BCUT2D eigenvalue weighted by Gasteiger charge is -2.35. The SMILES string of the molecule is O=C(Nc1cn[nH]c1)N1CCCC[C@H]1Cc1ccccc1. The maximum absolute atomic E-state index is 12.4. The van der Waals surface area contributed by atoms with Crippen LogP contribution in [0.25, 0.3) is 0 Å². The summed E-state index contributed by atoms with van der Waals surface area (Å²) < 4.78 is 0. The Morgan fingerprint density at radius 2 is 2.19 bits per heavy atom. The summed E-state index contributed by atoms with van der Waals surface area (Å²) in [5, 5.41) is 9.46. The Kier molecular flexibility index (Phi) is 4.19. The van der Waals surface area contributed by atoms with Crippen LogP contribution in [-0.4, -0.2) is 33.7 Å². The molecule has 5 heteroatoms. The van der Waals surface area contributed by atoms with Crippen LogP contribution in [0.4, 0.5) is 10.5 Å². The largest absolute Gasteiger partial charge is 0.322 e. The lowest BCUT2D eigenvalue weighted by Crippen LogP contribution is -2.46. The van der Waals surface area contributed by atoms with Gasteiger partial charge in [-0.1, -0.05) is 30.3 Å². The highest BCUT2D eigenvalue weighted by atomic mass is 16.2. The maximum Gasteiger partial charge on any atom is 0.322 e. The summed E-state index contributed by atoms with van der Waals surface area (Å²) in [5.41, 5.74) is 1.99. The third-order valence-corrected chi connectivity index (χ3v) is 3.95. The smallest absolute Gasteiger partial charge is 0.321 e. The van der Waals surface area contributed by atoms with Crippen LogP contribution in [0.5, 0.6) is 0 Å².